The molecule has 0 saturated heterocycles. The summed E-state index contributed by atoms with van der Waals surface area (Å²) in [7, 11) is 8.13. The lowest BCUT2D eigenvalue weighted by molar-refractivity contribution is -0.136. The van der Waals surface area contributed by atoms with Gasteiger partial charge < -0.3 is 4.90 Å². The topological polar surface area (TPSA) is 20.3 Å². The van der Waals surface area contributed by atoms with Crippen LogP contribution in [0.3, 0.4) is 0 Å². The van der Waals surface area contributed by atoms with Gasteiger partial charge in [-0.15, -0.1) is 0 Å². The zero-order valence-electron chi connectivity index (χ0n) is 15.3. The van der Waals surface area contributed by atoms with E-state index in [2.05, 4.69) is 20.8 Å². The Hall–Kier alpha value is -1.25. The van der Waals surface area contributed by atoms with Crippen LogP contribution >= 0.6 is 0 Å². The summed E-state index contributed by atoms with van der Waals surface area (Å²) in [4.78, 5) is 15.0. The molecule has 23 heavy (non-hydrogen) atoms. The third-order valence-corrected chi connectivity index (χ3v) is 5.35. The molecule has 0 aromatic heterocycles. The van der Waals surface area contributed by atoms with E-state index < -0.39 is 5.31 Å². The van der Waals surface area contributed by atoms with Crippen LogP contribution < -0.4 is 0 Å². The van der Waals surface area contributed by atoms with Gasteiger partial charge in [-0.3, -0.25) is 4.79 Å². The van der Waals surface area contributed by atoms with E-state index in [1.807, 2.05) is 49.3 Å². The van der Waals surface area contributed by atoms with Gasteiger partial charge in [-0.1, -0.05) is 58.4 Å². The van der Waals surface area contributed by atoms with Crippen molar-refractivity contribution in [3.8, 4) is 0 Å². The van der Waals surface area contributed by atoms with Crippen molar-refractivity contribution in [1.82, 2.24) is 4.90 Å². The van der Waals surface area contributed by atoms with Gasteiger partial charge in [0, 0.05) is 18.7 Å². The van der Waals surface area contributed by atoms with Gasteiger partial charge in [0.05, 0.1) is 7.85 Å². The van der Waals surface area contributed by atoms with E-state index in [1.54, 1.807) is 0 Å². The Morgan fingerprint density at radius 2 is 2.04 bits per heavy atom. The Bertz CT molecular complexity index is 530. The second kappa shape index (κ2) is 7.11. The monoisotopic (exact) mass is 311 g/mol. The van der Waals surface area contributed by atoms with Crippen LogP contribution in [0, 0.1) is 23.7 Å². The molecule has 2 aliphatic carbocycles. The van der Waals surface area contributed by atoms with Gasteiger partial charge in [-0.25, -0.2) is 0 Å². The summed E-state index contributed by atoms with van der Waals surface area (Å²) in [6.07, 6.45) is 13.2. The minimum absolute atomic E-state index is 0.123. The lowest BCUT2D eigenvalue weighted by Gasteiger charge is -2.38. The van der Waals surface area contributed by atoms with Crippen LogP contribution in [0.1, 0.15) is 47.0 Å². The Morgan fingerprint density at radius 1 is 1.35 bits per heavy atom. The normalized spacial score (nSPS) is 34.2. The summed E-state index contributed by atoms with van der Waals surface area (Å²) >= 11 is 0. The third-order valence-electron chi connectivity index (χ3n) is 5.35. The highest BCUT2D eigenvalue weighted by Gasteiger charge is 2.37. The van der Waals surface area contributed by atoms with Crippen molar-refractivity contribution in [2.24, 2.45) is 23.7 Å². The molecular formula is C20H30BNO. The quantitative estimate of drug-likeness (QED) is 0.702. The van der Waals surface area contributed by atoms with Crippen molar-refractivity contribution >= 4 is 13.8 Å². The molecule has 124 valence electrons. The summed E-state index contributed by atoms with van der Waals surface area (Å²) < 4.78 is 0. The fraction of sp³-hybridized carbons (Fsp3) is 0.650. The van der Waals surface area contributed by atoms with Gasteiger partial charge in [-0.2, -0.15) is 0 Å². The molecule has 2 rings (SSSR count). The van der Waals surface area contributed by atoms with E-state index in [4.69, 9.17) is 7.85 Å². The SMILES string of the molecule is [B]C1(C)C=CC=CC(N(C)C(=O)C2C[C@H](C)CC[C@H]2C(C)C)=C1. The van der Waals surface area contributed by atoms with E-state index in [-0.39, 0.29) is 11.8 Å². The van der Waals surface area contributed by atoms with E-state index in [9.17, 15) is 4.79 Å². The number of carbonyl (C=O) groups excluding carboxylic acids is 1. The summed E-state index contributed by atoms with van der Waals surface area (Å²) in [6, 6.07) is 0. The first-order valence-electron chi connectivity index (χ1n) is 8.86. The highest BCUT2D eigenvalue weighted by Crippen LogP contribution is 2.39. The highest BCUT2D eigenvalue weighted by atomic mass is 16.2. The fourth-order valence-corrected chi connectivity index (χ4v) is 3.90. The van der Waals surface area contributed by atoms with E-state index in [0.717, 1.165) is 18.5 Å². The lowest BCUT2D eigenvalue weighted by atomic mass is 9.69. The molecule has 1 saturated carbocycles. The highest BCUT2D eigenvalue weighted by molar-refractivity contribution is 6.18. The first-order chi connectivity index (χ1) is 10.7. The lowest BCUT2D eigenvalue weighted by Crippen LogP contribution is -2.40. The van der Waals surface area contributed by atoms with Gasteiger partial charge in [-0.05, 0) is 42.0 Å². The molecule has 4 atom stereocenters. The van der Waals surface area contributed by atoms with Crippen LogP contribution in [0.25, 0.3) is 0 Å². The maximum absolute atomic E-state index is 13.2. The summed E-state index contributed by atoms with van der Waals surface area (Å²) in [5, 5.41) is -0.523. The van der Waals surface area contributed by atoms with Crippen molar-refractivity contribution in [1.29, 1.82) is 0 Å². The minimum atomic E-state index is -0.523. The molecule has 1 fully saturated rings. The first kappa shape index (κ1) is 18.1. The molecule has 0 N–H and O–H groups in total. The zero-order chi connectivity index (χ0) is 17.2. The second-order valence-electron chi connectivity index (χ2n) is 7.98. The molecular weight excluding hydrogens is 281 g/mol. The largest absolute Gasteiger partial charge is 0.316 e. The average molecular weight is 311 g/mol. The molecule has 0 heterocycles. The molecule has 3 heteroatoms. The second-order valence-corrected chi connectivity index (χ2v) is 7.98. The summed E-state index contributed by atoms with van der Waals surface area (Å²) in [5.41, 5.74) is 0.894. The van der Waals surface area contributed by atoms with Crippen LogP contribution in [-0.2, 0) is 4.79 Å². The minimum Gasteiger partial charge on any atom is -0.316 e. The Kier molecular flexibility index (Phi) is 5.59. The molecule has 2 nitrogen and oxygen atoms in total. The number of amides is 1. The average Bonchev–Trinajstić information content (AvgIpc) is 2.66. The molecule has 0 aromatic rings. The van der Waals surface area contributed by atoms with Crippen LogP contribution in [0.5, 0.6) is 0 Å². The maximum atomic E-state index is 13.2. The van der Waals surface area contributed by atoms with Gasteiger partial charge >= 0.3 is 0 Å². The van der Waals surface area contributed by atoms with E-state index in [1.165, 1.54) is 6.42 Å². The van der Waals surface area contributed by atoms with Crippen molar-refractivity contribution in [3.05, 3.63) is 36.1 Å². The molecule has 2 aliphatic rings. The number of allylic oxidation sites excluding steroid dienone is 5. The zero-order valence-corrected chi connectivity index (χ0v) is 15.3. The van der Waals surface area contributed by atoms with Crippen molar-refractivity contribution in [3.63, 3.8) is 0 Å². The molecule has 0 spiro atoms. The number of rotatable bonds is 3. The molecule has 1 amide bonds. The van der Waals surface area contributed by atoms with Gasteiger partial charge in [0.15, 0.2) is 0 Å². The van der Waals surface area contributed by atoms with Gasteiger partial charge in [0.2, 0.25) is 5.91 Å². The van der Waals surface area contributed by atoms with Crippen molar-refractivity contribution < 1.29 is 4.79 Å². The molecule has 0 bridgehead atoms. The summed E-state index contributed by atoms with van der Waals surface area (Å²) in [5.74, 6) is 2.03. The fourth-order valence-electron chi connectivity index (χ4n) is 3.90. The third kappa shape index (κ3) is 4.40. The van der Waals surface area contributed by atoms with Gasteiger partial charge in [0.25, 0.3) is 0 Å². The molecule has 2 unspecified atom stereocenters. The maximum Gasteiger partial charge on any atom is 0.230 e. The summed E-state index contributed by atoms with van der Waals surface area (Å²) in [6.45, 7) is 8.70. The first-order valence-corrected chi connectivity index (χ1v) is 8.86. The van der Waals surface area contributed by atoms with Gasteiger partial charge in [0.1, 0.15) is 0 Å². The molecule has 0 aliphatic heterocycles. The van der Waals surface area contributed by atoms with Crippen LogP contribution in [0.15, 0.2) is 36.1 Å². The number of hydrogen-bond donors (Lipinski definition) is 0. The van der Waals surface area contributed by atoms with Crippen molar-refractivity contribution in [2.75, 3.05) is 7.05 Å². The number of hydrogen-bond acceptors (Lipinski definition) is 1. The van der Waals surface area contributed by atoms with Crippen LogP contribution in [0.2, 0.25) is 5.31 Å². The molecule has 0 aromatic carbocycles. The number of likely N-dealkylation sites (N-methyl/N-ethyl adjacent to an activating group) is 1. The Labute approximate surface area is 143 Å². The molecule has 2 radical (unpaired) electrons. The number of nitrogens with zero attached hydrogens (tertiary/aromatic N) is 1. The van der Waals surface area contributed by atoms with E-state index >= 15 is 0 Å². The standard InChI is InChI=1S/C20H30BNO/c1-14(2)17-10-9-15(3)12-18(17)19(23)22(5)16-8-6-7-11-20(4,21)13-16/h6-8,11,13-15,17-18H,9-10,12H2,1-5H3/t15-,17+,18?,20?/m1/s1. The smallest absolute Gasteiger partial charge is 0.230 e. The van der Waals surface area contributed by atoms with Crippen molar-refractivity contribution in [2.45, 2.75) is 52.3 Å². The van der Waals surface area contributed by atoms with Crippen LogP contribution in [0.4, 0.5) is 0 Å². The number of carbonyl (C=O) groups is 1. The van der Waals surface area contributed by atoms with E-state index in [0.29, 0.717) is 17.8 Å². The Balaban J connectivity index is 2.22. The predicted molar refractivity (Wildman–Crippen MR) is 98.1 cm³/mol. The predicted octanol–water partition coefficient (Wildman–Crippen LogP) is 4.51. The Morgan fingerprint density at radius 3 is 2.70 bits per heavy atom. The van der Waals surface area contributed by atoms with Crippen LogP contribution in [-0.4, -0.2) is 25.7 Å².